The van der Waals surface area contributed by atoms with Gasteiger partial charge in [-0.3, -0.25) is 19.3 Å². The number of nitrogens with zero attached hydrogens (tertiary/aromatic N) is 1. The van der Waals surface area contributed by atoms with E-state index in [1.165, 1.54) is 4.90 Å². The van der Waals surface area contributed by atoms with E-state index in [1.54, 1.807) is 26.1 Å². The third-order valence-electron chi connectivity index (χ3n) is 6.32. The van der Waals surface area contributed by atoms with Crippen molar-refractivity contribution in [3.8, 4) is 0 Å². The molecule has 3 aromatic carbocycles. The molecule has 1 aliphatic rings. The number of likely N-dealkylation sites (N-methyl/N-ethyl adjacent to an activating group) is 1. The Morgan fingerprint density at radius 3 is 2.23 bits per heavy atom. The minimum absolute atomic E-state index is 0.236. The molecule has 3 N–H and O–H groups in total. The maximum atomic E-state index is 14.1. The highest BCUT2D eigenvalue weighted by Gasteiger charge is 2.41. The molecule has 0 saturated heterocycles. The second-order valence-corrected chi connectivity index (χ2v) is 8.62. The zero-order valence-corrected chi connectivity index (χ0v) is 19.9. The SMILES string of the molecule is CN[C@@H](C)C(=O)N[C@H](C(=O)N1c2ccccc2C[C@H]1C(=O)NCc1ccccc1)c1ccccc1. The maximum Gasteiger partial charge on any atom is 0.254 e. The molecule has 7 heteroatoms. The van der Waals surface area contributed by atoms with Gasteiger partial charge in [-0.05, 0) is 36.7 Å². The van der Waals surface area contributed by atoms with Gasteiger partial charge in [-0.15, -0.1) is 0 Å². The Morgan fingerprint density at radius 1 is 0.914 bits per heavy atom. The number of carbonyl (C=O) groups is 3. The summed E-state index contributed by atoms with van der Waals surface area (Å²) in [7, 11) is 1.69. The summed E-state index contributed by atoms with van der Waals surface area (Å²) in [6, 6.07) is 24.1. The van der Waals surface area contributed by atoms with E-state index in [9.17, 15) is 14.4 Å². The van der Waals surface area contributed by atoms with Crippen LogP contribution in [0.4, 0.5) is 5.69 Å². The maximum absolute atomic E-state index is 14.1. The fraction of sp³-hybridized carbons (Fsp3) is 0.250. The monoisotopic (exact) mass is 470 g/mol. The van der Waals surface area contributed by atoms with Gasteiger partial charge in [0.25, 0.3) is 5.91 Å². The van der Waals surface area contributed by atoms with Gasteiger partial charge in [0.05, 0.1) is 6.04 Å². The van der Waals surface area contributed by atoms with Crippen LogP contribution in [0.3, 0.4) is 0 Å². The first-order chi connectivity index (χ1) is 17.0. The molecule has 0 aliphatic carbocycles. The van der Waals surface area contributed by atoms with Crippen molar-refractivity contribution in [3.05, 3.63) is 102 Å². The van der Waals surface area contributed by atoms with E-state index in [4.69, 9.17) is 0 Å². The fourth-order valence-electron chi connectivity index (χ4n) is 4.24. The lowest BCUT2D eigenvalue weighted by Gasteiger charge is -2.30. The standard InChI is InChI=1S/C28H30N4O3/c1-19(29-2)26(33)31-25(21-13-7-4-8-14-21)28(35)32-23-16-10-9-15-22(23)17-24(32)27(34)30-18-20-11-5-3-6-12-20/h3-16,19,24-25,29H,17-18H2,1-2H3,(H,30,34)(H,31,33)/t19-,24-,25-/m0/s1. The molecule has 35 heavy (non-hydrogen) atoms. The van der Waals surface area contributed by atoms with Gasteiger partial charge in [-0.25, -0.2) is 0 Å². The third kappa shape index (κ3) is 5.41. The van der Waals surface area contributed by atoms with Crippen molar-refractivity contribution in [1.29, 1.82) is 0 Å². The molecule has 0 unspecified atom stereocenters. The van der Waals surface area contributed by atoms with Crippen LogP contribution in [-0.4, -0.2) is 36.9 Å². The fourth-order valence-corrected chi connectivity index (χ4v) is 4.24. The number of benzene rings is 3. The molecule has 0 fully saturated rings. The van der Waals surface area contributed by atoms with Crippen LogP contribution < -0.4 is 20.9 Å². The number of anilines is 1. The lowest BCUT2D eigenvalue weighted by atomic mass is 10.0. The van der Waals surface area contributed by atoms with E-state index in [-0.39, 0.29) is 17.7 Å². The van der Waals surface area contributed by atoms with Gasteiger partial charge >= 0.3 is 0 Å². The summed E-state index contributed by atoms with van der Waals surface area (Å²) in [5.41, 5.74) is 3.24. The number of hydrogen-bond donors (Lipinski definition) is 3. The molecule has 3 amide bonds. The van der Waals surface area contributed by atoms with E-state index in [0.29, 0.717) is 24.2 Å². The van der Waals surface area contributed by atoms with Crippen molar-refractivity contribution >= 4 is 23.4 Å². The minimum Gasteiger partial charge on any atom is -0.350 e. The normalized spacial score (nSPS) is 16.2. The average Bonchev–Trinajstić information content (AvgIpc) is 3.30. The zero-order chi connectivity index (χ0) is 24.8. The second kappa shape index (κ2) is 11.0. The summed E-state index contributed by atoms with van der Waals surface area (Å²) in [6.45, 7) is 2.10. The van der Waals surface area contributed by atoms with Gasteiger partial charge in [0.2, 0.25) is 11.8 Å². The van der Waals surface area contributed by atoms with Crippen molar-refractivity contribution in [2.24, 2.45) is 0 Å². The van der Waals surface area contributed by atoms with Crippen molar-refractivity contribution in [2.45, 2.75) is 38.0 Å². The first kappa shape index (κ1) is 24.2. The van der Waals surface area contributed by atoms with Crippen molar-refractivity contribution in [3.63, 3.8) is 0 Å². The van der Waals surface area contributed by atoms with Crippen LogP contribution in [0, 0.1) is 0 Å². The molecular weight excluding hydrogens is 440 g/mol. The number of rotatable bonds is 8. The molecule has 3 aromatic rings. The van der Waals surface area contributed by atoms with Crippen LogP contribution >= 0.6 is 0 Å². The highest BCUT2D eigenvalue weighted by molar-refractivity contribution is 6.07. The average molecular weight is 471 g/mol. The Balaban J connectivity index is 1.64. The molecular formula is C28H30N4O3. The Hall–Kier alpha value is -3.97. The van der Waals surface area contributed by atoms with Crippen molar-refractivity contribution in [2.75, 3.05) is 11.9 Å². The summed E-state index contributed by atoms with van der Waals surface area (Å²) >= 11 is 0. The smallest absolute Gasteiger partial charge is 0.254 e. The van der Waals surface area contributed by atoms with Crippen LogP contribution in [-0.2, 0) is 27.3 Å². The summed E-state index contributed by atoms with van der Waals surface area (Å²) in [4.78, 5) is 41.7. The quantitative estimate of drug-likeness (QED) is 0.472. The molecule has 0 aromatic heterocycles. The van der Waals surface area contributed by atoms with Crippen LogP contribution in [0.1, 0.15) is 29.7 Å². The van der Waals surface area contributed by atoms with Crippen LogP contribution in [0.5, 0.6) is 0 Å². The van der Waals surface area contributed by atoms with E-state index < -0.39 is 18.1 Å². The number of fused-ring (bicyclic) bond motifs is 1. The molecule has 180 valence electrons. The van der Waals surface area contributed by atoms with Gasteiger partial charge in [0, 0.05) is 18.7 Å². The lowest BCUT2D eigenvalue weighted by molar-refractivity contribution is -0.130. The Morgan fingerprint density at radius 2 is 1.54 bits per heavy atom. The summed E-state index contributed by atoms with van der Waals surface area (Å²) < 4.78 is 0. The summed E-state index contributed by atoms with van der Waals surface area (Å²) in [5.74, 6) is -0.884. The Kier molecular flexibility index (Phi) is 7.57. The summed E-state index contributed by atoms with van der Waals surface area (Å²) in [6.07, 6.45) is 0.408. The molecule has 1 heterocycles. The molecule has 0 spiro atoms. The number of amides is 3. The van der Waals surface area contributed by atoms with E-state index in [0.717, 1.165) is 11.1 Å². The number of para-hydroxylation sites is 1. The largest absolute Gasteiger partial charge is 0.350 e. The van der Waals surface area contributed by atoms with E-state index >= 15 is 0 Å². The predicted molar refractivity (Wildman–Crippen MR) is 136 cm³/mol. The third-order valence-corrected chi connectivity index (χ3v) is 6.32. The van der Waals surface area contributed by atoms with Crippen molar-refractivity contribution < 1.29 is 14.4 Å². The van der Waals surface area contributed by atoms with Gasteiger partial charge in [0.1, 0.15) is 12.1 Å². The number of carbonyl (C=O) groups excluding carboxylic acids is 3. The number of nitrogens with one attached hydrogen (secondary N) is 3. The van der Waals surface area contributed by atoms with Crippen LogP contribution in [0.15, 0.2) is 84.9 Å². The molecule has 1 aliphatic heterocycles. The van der Waals surface area contributed by atoms with Crippen LogP contribution in [0.25, 0.3) is 0 Å². The highest BCUT2D eigenvalue weighted by atomic mass is 16.2. The number of hydrogen-bond acceptors (Lipinski definition) is 4. The highest BCUT2D eigenvalue weighted by Crippen LogP contribution is 2.34. The van der Waals surface area contributed by atoms with E-state index in [2.05, 4.69) is 16.0 Å². The van der Waals surface area contributed by atoms with E-state index in [1.807, 2.05) is 72.8 Å². The lowest BCUT2D eigenvalue weighted by Crippen LogP contribution is -2.53. The predicted octanol–water partition coefficient (Wildman–Crippen LogP) is 2.73. The Labute approximate surface area is 205 Å². The minimum atomic E-state index is -0.935. The van der Waals surface area contributed by atoms with Gasteiger partial charge in [0.15, 0.2) is 0 Å². The van der Waals surface area contributed by atoms with Crippen LogP contribution in [0.2, 0.25) is 0 Å². The van der Waals surface area contributed by atoms with Gasteiger partial charge in [-0.1, -0.05) is 78.9 Å². The molecule has 4 rings (SSSR count). The molecule has 0 saturated carbocycles. The first-order valence-electron chi connectivity index (χ1n) is 11.7. The molecule has 0 bridgehead atoms. The Bertz CT molecular complexity index is 1180. The van der Waals surface area contributed by atoms with Gasteiger partial charge in [-0.2, -0.15) is 0 Å². The second-order valence-electron chi connectivity index (χ2n) is 8.62. The molecule has 0 radical (unpaired) electrons. The first-order valence-corrected chi connectivity index (χ1v) is 11.7. The summed E-state index contributed by atoms with van der Waals surface area (Å²) in [5, 5.41) is 8.77. The topological polar surface area (TPSA) is 90.5 Å². The zero-order valence-electron chi connectivity index (χ0n) is 19.9. The van der Waals surface area contributed by atoms with Gasteiger partial charge < -0.3 is 16.0 Å². The molecule has 7 nitrogen and oxygen atoms in total. The van der Waals surface area contributed by atoms with Crippen molar-refractivity contribution in [1.82, 2.24) is 16.0 Å². The molecule has 3 atom stereocenters.